The summed E-state index contributed by atoms with van der Waals surface area (Å²) >= 11 is 0. The van der Waals surface area contributed by atoms with E-state index in [2.05, 4.69) is 63.5 Å². The van der Waals surface area contributed by atoms with Crippen molar-refractivity contribution in [1.82, 2.24) is 20.4 Å². The standard InChI is InChI=1S/C20H31N5O.HI/c1-5-21-20(22-10-7-11-25-17(3)12-16(2)24-25)23-14-18-8-6-9-19(13-18)15-26-4;/h6,8-9,12-13H,5,7,10-11,14-15H2,1-4H3,(H2,21,22,23);1H. The molecule has 0 radical (unpaired) electrons. The Morgan fingerprint density at radius 1 is 1.19 bits per heavy atom. The topological polar surface area (TPSA) is 63.5 Å². The minimum Gasteiger partial charge on any atom is -0.380 e. The van der Waals surface area contributed by atoms with Crippen LogP contribution in [0.1, 0.15) is 35.9 Å². The fourth-order valence-electron chi connectivity index (χ4n) is 2.83. The first-order valence-corrected chi connectivity index (χ1v) is 9.22. The highest BCUT2D eigenvalue weighted by atomic mass is 127. The first-order chi connectivity index (χ1) is 12.6. The lowest BCUT2D eigenvalue weighted by Crippen LogP contribution is -2.38. The molecule has 0 unspecified atom stereocenters. The third-order valence-corrected chi connectivity index (χ3v) is 4.01. The fourth-order valence-corrected chi connectivity index (χ4v) is 2.83. The third-order valence-electron chi connectivity index (χ3n) is 4.01. The van der Waals surface area contributed by atoms with Crippen molar-refractivity contribution in [3.63, 3.8) is 0 Å². The SMILES string of the molecule is CCNC(=NCc1cccc(COC)c1)NCCCn1nc(C)cc1C.I. The Labute approximate surface area is 179 Å². The number of rotatable bonds is 9. The molecule has 0 fully saturated rings. The van der Waals surface area contributed by atoms with Crippen LogP contribution >= 0.6 is 24.0 Å². The van der Waals surface area contributed by atoms with Crippen LogP contribution in [0.2, 0.25) is 0 Å². The molecule has 27 heavy (non-hydrogen) atoms. The Morgan fingerprint density at radius 3 is 2.63 bits per heavy atom. The van der Waals surface area contributed by atoms with Crippen LogP contribution in [0.4, 0.5) is 0 Å². The van der Waals surface area contributed by atoms with Gasteiger partial charge in [0.05, 0.1) is 18.8 Å². The number of halogens is 1. The number of aryl methyl sites for hydroxylation is 3. The summed E-state index contributed by atoms with van der Waals surface area (Å²) in [4.78, 5) is 4.68. The van der Waals surface area contributed by atoms with Gasteiger partial charge in [0.25, 0.3) is 0 Å². The van der Waals surface area contributed by atoms with Gasteiger partial charge in [0, 0.05) is 32.4 Å². The van der Waals surface area contributed by atoms with Gasteiger partial charge in [0.2, 0.25) is 0 Å². The molecule has 0 aliphatic carbocycles. The highest BCUT2D eigenvalue weighted by Crippen LogP contribution is 2.07. The number of nitrogens with one attached hydrogen (secondary N) is 2. The molecule has 2 aromatic rings. The fraction of sp³-hybridized carbons (Fsp3) is 0.500. The van der Waals surface area contributed by atoms with Crippen LogP contribution in [0.15, 0.2) is 35.3 Å². The maximum absolute atomic E-state index is 5.19. The molecule has 7 heteroatoms. The summed E-state index contributed by atoms with van der Waals surface area (Å²) in [5, 5.41) is 11.2. The van der Waals surface area contributed by atoms with Gasteiger partial charge in [-0.3, -0.25) is 4.68 Å². The van der Waals surface area contributed by atoms with Gasteiger partial charge in [0.15, 0.2) is 5.96 Å². The number of guanidine groups is 1. The molecule has 0 aliphatic rings. The molecule has 0 spiro atoms. The molecule has 0 saturated heterocycles. The first kappa shape index (κ1) is 23.4. The molecular formula is C20H32IN5O. The summed E-state index contributed by atoms with van der Waals surface area (Å²) in [6, 6.07) is 10.5. The molecule has 2 rings (SSSR count). The van der Waals surface area contributed by atoms with Gasteiger partial charge in [-0.2, -0.15) is 5.10 Å². The second-order valence-electron chi connectivity index (χ2n) is 6.38. The lowest BCUT2D eigenvalue weighted by atomic mass is 10.1. The zero-order valence-corrected chi connectivity index (χ0v) is 19.1. The van der Waals surface area contributed by atoms with Gasteiger partial charge in [0.1, 0.15) is 0 Å². The zero-order valence-electron chi connectivity index (χ0n) is 16.8. The van der Waals surface area contributed by atoms with Crippen molar-refractivity contribution >= 4 is 29.9 Å². The van der Waals surface area contributed by atoms with Crippen molar-refractivity contribution < 1.29 is 4.74 Å². The van der Waals surface area contributed by atoms with Gasteiger partial charge in [-0.1, -0.05) is 24.3 Å². The maximum atomic E-state index is 5.19. The first-order valence-electron chi connectivity index (χ1n) is 9.22. The predicted molar refractivity (Wildman–Crippen MR) is 122 cm³/mol. The highest BCUT2D eigenvalue weighted by Gasteiger charge is 2.02. The van der Waals surface area contributed by atoms with Crippen molar-refractivity contribution in [3.8, 4) is 0 Å². The van der Waals surface area contributed by atoms with Crippen LogP contribution in [0.3, 0.4) is 0 Å². The zero-order chi connectivity index (χ0) is 18.8. The van der Waals surface area contributed by atoms with Crippen LogP contribution in [0.5, 0.6) is 0 Å². The van der Waals surface area contributed by atoms with E-state index in [-0.39, 0.29) is 24.0 Å². The Hall–Kier alpha value is -1.61. The number of aromatic nitrogens is 2. The van der Waals surface area contributed by atoms with E-state index in [1.807, 2.05) is 13.0 Å². The summed E-state index contributed by atoms with van der Waals surface area (Å²) in [6.07, 6.45) is 0.996. The monoisotopic (exact) mass is 485 g/mol. The van der Waals surface area contributed by atoms with E-state index in [4.69, 9.17) is 4.74 Å². The van der Waals surface area contributed by atoms with E-state index in [0.29, 0.717) is 13.2 Å². The summed E-state index contributed by atoms with van der Waals surface area (Å²) in [6.45, 7) is 10.1. The summed E-state index contributed by atoms with van der Waals surface area (Å²) in [5.74, 6) is 0.845. The van der Waals surface area contributed by atoms with Gasteiger partial charge in [-0.25, -0.2) is 4.99 Å². The predicted octanol–water partition coefficient (Wildman–Crippen LogP) is 3.41. The Balaban J connectivity index is 0.00000364. The largest absolute Gasteiger partial charge is 0.380 e. The van der Waals surface area contributed by atoms with Crippen LogP contribution < -0.4 is 10.6 Å². The molecule has 1 heterocycles. The second kappa shape index (κ2) is 12.7. The van der Waals surface area contributed by atoms with Crippen LogP contribution in [-0.2, 0) is 24.4 Å². The van der Waals surface area contributed by atoms with E-state index in [0.717, 1.165) is 37.7 Å². The lowest BCUT2D eigenvalue weighted by molar-refractivity contribution is 0.185. The van der Waals surface area contributed by atoms with Crippen LogP contribution in [0, 0.1) is 13.8 Å². The average molecular weight is 485 g/mol. The smallest absolute Gasteiger partial charge is 0.191 e. The number of benzene rings is 1. The highest BCUT2D eigenvalue weighted by molar-refractivity contribution is 14.0. The van der Waals surface area contributed by atoms with Crippen LogP contribution in [-0.4, -0.2) is 35.9 Å². The Bertz CT molecular complexity index is 714. The Morgan fingerprint density at radius 2 is 1.96 bits per heavy atom. The second-order valence-corrected chi connectivity index (χ2v) is 6.38. The molecule has 1 aromatic heterocycles. The Kier molecular flexibility index (Phi) is 11.0. The third kappa shape index (κ3) is 8.30. The molecule has 0 atom stereocenters. The average Bonchev–Trinajstić information content (AvgIpc) is 2.94. The molecule has 6 nitrogen and oxygen atoms in total. The molecule has 0 saturated carbocycles. The molecule has 2 N–H and O–H groups in total. The number of ether oxygens (including phenoxy) is 1. The lowest BCUT2D eigenvalue weighted by Gasteiger charge is -2.12. The van der Waals surface area contributed by atoms with Crippen molar-refractivity contribution in [3.05, 3.63) is 52.8 Å². The van der Waals surface area contributed by atoms with Gasteiger partial charge in [-0.15, -0.1) is 24.0 Å². The molecule has 0 bridgehead atoms. The van der Waals surface area contributed by atoms with Crippen molar-refractivity contribution in [2.45, 2.75) is 46.9 Å². The molecule has 1 aromatic carbocycles. The summed E-state index contributed by atoms with van der Waals surface area (Å²) in [5.41, 5.74) is 4.63. The minimum absolute atomic E-state index is 0. The number of nitrogens with zero attached hydrogens (tertiary/aromatic N) is 3. The van der Waals surface area contributed by atoms with Crippen LogP contribution in [0.25, 0.3) is 0 Å². The molecule has 0 amide bonds. The van der Waals surface area contributed by atoms with Crippen molar-refractivity contribution in [2.75, 3.05) is 20.2 Å². The van der Waals surface area contributed by atoms with E-state index < -0.39 is 0 Å². The van der Waals surface area contributed by atoms with E-state index in [9.17, 15) is 0 Å². The molecule has 150 valence electrons. The van der Waals surface area contributed by atoms with E-state index in [1.165, 1.54) is 16.8 Å². The van der Waals surface area contributed by atoms with Gasteiger partial charge in [-0.05, 0) is 44.4 Å². The molecule has 0 aliphatic heterocycles. The van der Waals surface area contributed by atoms with E-state index >= 15 is 0 Å². The van der Waals surface area contributed by atoms with Gasteiger partial charge < -0.3 is 15.4 Å². The number of hydrogen-bond acceptors (Lipinski definition) is 3. The van der Waals surface area contributed by atoms with Crippen molar-refractivity contribution in [1.29, 1.82) is 0 Å². The van der Waals surface area contributed by atoms with Crippen molar-refractivity contribution in [2.24, 2.45) is 4.99 Å². The summed E-state index contributed by atoms with van der Waals surface area (Å²) in [7, 11) is 1.71. The van der Waals surface area contributed by atoms with Gasteiger partial charge >= 0.3 is 0 Å². The maximum Gasteiger partial charge on any atom is 0.191 e. The molecular weight excluding hydrogens is 453 g/mol. The number of methoxy groups -OCH3 is 1. The number of aliphatic imine (C=N–C) groups is 1. The minimum atomic E-state index is 0. The number of hydrogen-bond donors (Lipinski definition) is 2. The summed E-state index contributed by atoms with van der Waals surface area (Å²) < 4.78 is 7.25. The normalized spacial score (nSPS) is 11.2. The quantitative estimate of drug-likeness (QED) is 0.247. The van der Waals surface area contributed by atoms with E-state index in [1.54, 1.807) is 7.11 Å².